The Morgan fingerprint density at radius 2 is 2.08 bits per heavy atom. The number of rotatable bonds is 0. The molecule has 12 heavy (non-hydrogen) atoms. The molecule has 2 rings (SSSR count). The molecule has 2 atom stereocenters. The van der Waals surface area contributed by atoms with Crippen molar-refractivity contribution in [3.8, 4) is 0 Å². The van der Waals surface area contributed by atoms with Gasteiger partial charge in [-0.05, 0) is 19.8 Å². The molecule has 2 N–H and O–H groups in total. The lowest BCUT2D eigenvalue weighted by Crippen LogP contribution is -2.59. The van der Waals surface area contributed by atoms with Crippen LogP contribution in [0, 0.1) is 0 Å². The maximum absolute atomic E-state index is 5.79. The molecule has 0 spiro atoms. The number of hydrazine groups is 1. The Bertz CT molecular complexity index is 160. The molecule has 2 unspecified atom stereocenters. The zero-order valence-corrected chi connectivity index (χ0v) is 7.87. The quantitative estimate of drug-likeness (QED) is 0.533. The van der Waals surface area contributed by atoms with Crippen LogP contribution >= 0.6 is 0 Å². The molecule has 0 bridgehead atoms. The van der Waals surface area contributed by atoms with Crippen molar-refractivity contribution >= 4 is 0 Å². The second-order valence-electron chi connectivity index (χ2n) is 4.17. The van der Waals surface area contributed by atoms with Crippen molar-refractivity contribution in [3.05, 3.63) is 0 Å². The predicted molar refractivity (Wildman–Crippen MR) is 49.6 cm³/mol. The molecule has 2 aliphatic rings. The Balaban J connectivity index is 1.99. The van der Waals surface area contributed by atoms with Gasteiger partial charge in [0.25, 0.3) is 0 Å². The first kappa shape index (κ1) is 8.48. The van der Waals surface area contributed by atoms with Crippen LogP contribution in [-0.4, -0.2) is 41.6 Å². The summed E-state index contributed by atoms with van der Waals surface area (Å²) in [6.07, 6.45) is 4.11. The van der Waals surface area contributed by atoms with Crippen molar-refractivity contribution in [2.24, 2.45) is 5.84 Å². The first-order chi connectivity index (χ1) is 5.77. The van der Waals surface area contributed by atoms with Gasteiger partial charge in [0.1, 0.15) is 0 Å². The monoisotopic (exact) mass is 169 g/mol. The fraction of sp³-hybridized carbons (Fsp3) is 1.00. The van der Waals surface area contributed by atoms with Gasteiger partial charge in [-0.1, -0.05) is 6.42 Å². The molecule has 0 radical (unpaired) electrons. The maximum Gasteiger partial charge on any atom is 0.0285 e. The number of piperazine rings is 1. The summed E-state index contributed by atoms with van der Waals surface area (Å²) in [5.41, 5.74) is 0. The molecular weight excluding hydrogens is 150 g/mol. The first-order valence-corrected chi connectivity index (χ1v) is 5.03. The van der Waals surface area contributed by atoms with Crippen molar-refractivity contribution in [1.29, 1.82) is 0 Å². The van der Waals surface area contributed by atoms with Gasteiger partial charge in [-0.3, -0.25) is 10.7 Å². The Morgan fingerprint density at radius 1 is 1.25 bits per heavy atom. The summed E-state index contributed by atoms with van der Waals surface area (Å²) in [6, 6.07) is 1.53. The van der Waals surface area contributed by atoms with Crippen LogP contribution in [0.4, 0.5) is 0 Å². The fourth-order valence-electron chi connectivity index (χ4n) is 2.55. The lowest BCUT2D eigenvalue weighted by molar-refractivity contribution is 0.0164. The number of nitrogens with zero attached hydrogens (tertiary/aromatic N) is 2. The van der Waals surface area contributed by atoms with E-state index in [-0.39, 0.29) is 0 Å². The minimum absolute atomic E-state index is 0.743. The van der Waals surface area contributed by atoms with Gasteiger partial charge in [0, 0.05) is 31.7 Å². The van der Waals surface area contributed by atoms with E-state index in [1.54, 1.807) is 0 Å². The average molecular weight is 169 g/mol. The molecule has 0 saturated carbocycles. The highest BCUT2D eigenvalue weighted by atomic mass is 15.4. The second kappa shape index (κ2) is 3.32. The lowest BCUT2D eigenvalue weighted by atomic mass is 9.95. The molecule has 2 saturated heterocycles. The molecule has 70 valence electrons. The van der Waals surface area contributed by atoms with Crippen molar-refractivity contribution in [2.45, 2.75) is 38.3 Å². The first-order valence-electron chi connectivity index (χ1n) is 5.03. The van der Waals surface area contributed by atoms with E-state index in [9.17, 15) is 0 Å². The van der Waals surface area contributed by atoms with Gasteiger partial charge in [0.05, 0.1) is 0 Å². The Kier molecular flexibility index (Phi) is 2.35. The van der Waals surface area contributed by atoms with Crippen molar-refractivity contribution < 1.29 is 0 Å². The van der Waals surface area contributed by atoms with E-state index in [1.165, 1.54) is 25.8 Å². The molecular formula is C9H19N3. The van der Waals surface area contributed by atoms with E-state index in [4.69, 9.17) is 5.84 Å². The Labute approximate surface area is 74.5 Å². The molecule has 3 nitrogen and oxygen atoms in total. The largest absolute Gasteiger partial charge is 0.295 e. The highest BCUT2D eigenvalue weighted by Crippen LogP contribution is 2.24. The molecule has 2 aliphatic heterocycles. The van der Waals surface area contributed by atoms with E-state index in [1.807, 2.05) is 5.01 Å². The van der Waals surface area contributed by atoms with E-state index < -0.39 is 0 Å². The van der Waals surface area contributed by atoms with Gasteiger partial charge in [0.2, 0.25) is 0 Å². The smallest absolute Gasteiger partial charge is 0.0285 e. The molecule has 0 aromatic heterocycles. The third kappa shape index (κ3) is 1.49. The van der Waals surface area contributed by atoms with Gasteiger partial charge >= 0.3 is 0 Å². The van der Waals surface area contributed by atoms with Gasteiger partial charge in [-0.15, -0.1) is 0 Å². The summed E-state index contributed by atoms with van der Waals surface area (Å²) in [5, 5.41) is 1.97. The van der Waals surface area contributed by atoms with Crippen LogP contribution in [0.1, 0.15) is 26.2 Å². The molecule has 0 aromatic carbocycles. The molecule has 0 amide bonds. The van der Waals surface area contributed by atoms with E-state index in [0.29, 0.717) is 0 Å². The van der Waals surface area contributed by atoms with Crippen LogP contribution in [0.2, 0.25) is 0 Å². The van der Waals surface area contributed by atoms with Gasteiger partial charge < -0.3 is 0 Å². The topological polar surface area (TPSA) is 32.5 Å². The van der Waals surface area contributed by atoms with Crippen molar-refractivity contribution in [3.63, 3.8) is 0 Å². The van der Waals surface area contributed by atoms with Crippen LogP contribution in [0.15, 0.2) is 0 Å². The van der Waals surface area contributed by atoms with Crippen molar-refractivity contribution in [2.75, 3.05) is 19.6 Å². The predicted octanol–water partition coefficient (Wildman–Crippen LogP) is 0.419. The summed E-state index contributed by atoms with van der Waals surface area (Å²) in [7, 11) is 0. The number of nitrogens with two attached hydrogens (primary N) is 1. The van der Waals surface area contributed by atoms with Crippen molar-refractivity contribution in [1.82, 2.24) is 9.91 Å². The van der Waals surface area contributed by atoms with Crippen LogP contribution in [-0.2, 0) is 0 Å². The third-order valence-electron chi connectivity index (χ3n) is 3.29. The highest BCUT2D eigenvalue weighted by Gasteiger charge is 2.31. The maximum atomic E-state index is 5.79. The van der Waals surface area contributed by atoms with E-state index in [0.717, 1.165) is 25.2 Å². The summed E-state index contributed by atoms with van der Waals surface area (Å²) >= 11 is 0. The Morgan fingerprint density at radius 3 is 2.92 bits per heavy atom. The summed E-state index contributed by atoms with van der Waals surface area (Å²) in [4.78, 5) is 2.63. The van der Waals surface area contributed by atoms with E-state index in [2.05, 4.69) is 11.8 Å². The normalized spacial score (nSPS) is 39.5. The van der Waals surface area contributed by atoms with Gasteiger partial charge in [0.15, 0.2) is 0 Å². The average Bonchev–Trinajstić information content (AvgIpc) is 2.04. The molecule has 0 aliphatic carbocycles. The summed E-state index contributed by atoms with van der Waals surface area (Å²) in [6.45, 7) is 5.63. The molecule has 2 fully saturated rings. The fourth-order valence-corrected chi connectivity index (χ4v) is 2.55. The van der Waals surface area contributed by atoms with Gasteiger partial charge in [-0.25, -0.2) is 5.01 Å². The SMILES string of the molecule is CC1CCCC2CN(N)CCN12. The van der Waals surface area contributed by atoms with Crippen LogP contribution in [0.5, 0.6) is 0 Å². The van der Waals surface area contributed by atoms with E-state index >= 15 is 0 Å². The number of hydrogen-bond donors (Lipinski definition) is 1. The van der Waals surface area contributed by atoms with Crippen LogP contribution < -0.4 is 5.84 Å². The van der Waals surface area contributed by atoms with Gasteiger partial charge in [-0.2, -0.15) is 0 Å². The molecule has 2 heterocycles. The zero-order valence-electron chi connectivity index (χ0n) is 7.87. The summed E-state index contributed by atoms with van der Waals surface area (Å²) in [5.74, 6) is 5.79. The highest BCUT2D eigenvalue weighted by molar-refractivity contribution is 4.87. The zero-order chi connectivity index (χ0) is 8.55. The summed E-state index contributed by atoms with van der Waals surface area (Å²) < 4.78 is 0. The number of fused-ring (bicyclic) bond motifs is 1. The van der Waals surface area contributed by atoms with Crippen LogP contribution in [0.3, 0.4) is 0 Å². The second-order valence-corrected chi connectivity index (χ2v) is 4.17. The number of hydrogen-bond acceptors (Lipinski definition) is 3. The molecule has 3 heteroatoms. The minimum Gasteiger partial charge on any atom is -0.295 e. The Hall–Kier alpha value is -0.120. The molecule has 0 aromatic rings. The standard InChI is InChI=1S/C9H19N3/c1-8-3-2-4-9-7-11(10)5-6-12(8)9/h8-9H,2-7,10H2,1H3. The number of piperidine rings is 1. The lowest BCUT2D eigenvalue weighted by Gasteiger charge is -2.46. The third-order valence-corrected chi connectivity index (χ3v) is 3.29. The minimum atomic E-state index is 0.743. The van der Waals surface area contributed by atoms with Crippen LogP contribution in [0.25, 0.3) is 0 Å².